The van der Waals surface area contributed by atoms with Crippen LogP contribution in [0.2, 0.25) is 0 Å². The second-order valence-corrected chi connectivity index (χ2v) is 2.80. The highest BCUT2D eigenvalue weighted by atomic mass is 16.5. The van der Waals surface area contributed by atoms with E-state index in [-0.39, 0.29) is 11.9 Å². The first-order valence-electron chi connectivity index (χ1n) is 3.76. The predicted octanol–water partition coefficient (Wildman–Crippen LogP) is 0.767. The first-order chi connectivity index (χ1) is 5.22. The van der Waals surface area contributed by atoms with Gasteiger partial charge in [0.15, 0.2) is 0 Å². The average Bonchev–Trinajstić information content (AvgIpc) is 2.13. The van der Waals surface area contributed by atoms with Gasteiger partial charge in [0.1, 0.15) is 6.73 Å². The molecular formula is C8H13NO2. The van der Waals surface area contributed by atoms with E-state index < -0.39 is 0 Å². The summed E-state index contributed by atoms with van der Waals surface area (Å²) in [5.41, 5.74) is 0. The van der Waals surface area contributed by atoms with Crippen molar-refractivity contribution in [2.24, 2.45) is 0 Å². The Morgan fingerprint density at radius 2 is 2.36 bits per heavy atom. The van der Waals surface area contributed by atoms with Crippen LogP contribution < -0.4 is 0 Å². The van der Waals surface area contributed by atoms with E-state index in [0.29, 0.717) is 13.3 Å². The molecule has 1 aliphatic rings. The second-order valence-electron chi connectivity index (χ2n) is 2.80. The standard InChI is InChI=1S/C8H13NO2/c1-7(2)9-6-11-5-3-4-8(9)10/h3-4,7H,5-6H2,1-2H3. The Bertz CT molecular complexity index is 175. The van der Waals surface area contributed by atoms with Crippen molar-refractivity contribution >= 4 is 5.91 Å². The number of ether oxygens (including phenoxy) is 1. The minimum absolute atomic E-state index is 0.0394. The van der Waals surface area contributed by atoms with Crippen molar-refractivity contribution in [2.45, 2.75) is 19.9 Å². The molecule has 0 bridgehead atoms. The molecule has 1 heterocycles. The summed E-state index contributed by atoms with van der Waals surface area (Å²) in [6.07, 6.45) is 3.30. The van der Waals surface area contributed by atoms with Crippen LogP contribution in [-0.4, -0.2) is 30.2 Å². The molecule has 0 N–H and O–H groups in total. The Kier molecular flexibility index (Phi) is 2.65. The smallest absolute Gasteiger partial charge is 0.248 e. The fraction of sp³-hybridized carbons (Fsp3) is 0.625. The fourth-order valence-electron chi connectivity index (χ4n) is 0.931. The van der Waals surface area contributed by atoms with E-state index in [4.69, 9.17) is 4.74 Å². The molecule has 0 unspecified atom stereocenters. The lowest BCUT2D eigenvalue weighted by molar-refractivity contribution is -0.132. The van der Waals surface area contributed by atoms with E-state index in [1.54, 1.807) is 17.1 Å². The zero-order chi connectivity index (χ0) is 8.27. The third kappa shape index (κ3) is 2.05. The van der Waals surface area contributed by atoms with Gasteiger partial charge in [0, 0.05) is 12.1 Å². The first-order valence-corrected chi connectivity index (χ1v) is 3.76. The second kappa shape index (κ2) is 3.53. The van der Waals surface area contributed by atoms with Gasteiger partial charge in [-0.1, -0.05) is 6.08 Å². The van der Waals surface area contributed by atoms with E-state index in [1.165, 1.54) is 0 Å². The van der Waals surface area contributed by atoms with Gasteiger partial charge in [0.05, 0.1) is 6.61 Å². The average molecular weight is 155 g/mol. The third-order valence-electron chi connectivity index (χ3n) is 1.61. The van der Waals surface area contributed by atoms with Crippen molar-refractivity contribution in [1.29, 1.82) is 0 Å². The number of carbonyl (C=O) groups excluding carboxylic acids is 1. The SMILES string of the molecule is CC(C)N1COCC=CC1=O. The van der Waals surface area contributed by atoms with Crippen molar-refractivity contribution in [1.82, 2.24) is 4.90 Å². The van der Waals surface area contributed by atoms with Crippen LogP contribution in [0.15, 0.2) is 12.2 Å². The monoisotopic (exact) mass is 155 g/mol. The molecule has 62 valence electrons. The molecule has 1 aliphatic heterocycles. The number of hydrogen-bond donors (Lipinski definition) is 0. The number of nitrogens with zero attached hydrogens (tertiary/aromatic N) is 1. The molecule has 0 atom stereocenters. The molecule has 1 rings (SSSR count). The zero-order valence-corrected chi connectivity index (χ0v) is 6.91. The molecule has 1 amide bonds. The largest absolute Gasteiger partial charge is 0.357 e. The summed E-state index contributed by atoms with van der Waals surface area (Å²) in [6.45, 7) is 4.89. The van der Waals surface area contributed by atoms with E-state index >= 15 is 0 Å². The summed E-state index contributed by atoms with van der Waals surface area (Å²) < 4.78 is 5.16. The Morgan fingerprint density at radius 3 is 3.00 bits per heavy atom. The van der Waals surface area contributed by atoms with E-state index in [0.717, 1.165) is 0 Å². The van der Waals surface area contributed by atoms with E-state index in [2.05, 4.69) is 0 Å². The number of rotatable bonds is 1. The van der Waals surface area contributed by atoms with Crippen molar-refractivity contribution < 1.29 is 9.53 Å². The molecule has 0 saturated heterocycles. The Labute approximate surface area is 66.6 Å². The fourth-order valence-corrected chi connectivity index (χ4v) is 0.931. The minimum atomic E-state index is 0.0394. The van der Waals surface area contributed by atoms with Gasteiger partial charge in [0.2, 0.25) is 5.91 Å². The normalized spacial score (nSPS) is 19.2. The van der Waals surface area contributed by atoms with Crippen LogP contribution in [0.4, 0.5) is 0 Å². The molecule has 0 aromatic heterocycles. The molecule has 0 aliphatic carbocycles. The predicted molar refractivity (Wildman–Crippen MR) is 41.9 cm³/mol. The molecule has 0 saturated carbocycles. The molecular weight excluding hydrogens is 142 g/mol. The zero-order valence-electron chi connectivity index (χ0n) is 6.91. The summed E-state index contributed by atoms with van der Waals surface area (Å²) in [6, 6.07) is 0.213. The number of amides is 1. The highest BCUT2D eigenvalue weighted by Crippen LogP contribution is 2.03. The summed E-state index contributed by atoms with van der Waals surface area (Å²) in [7, 11) is 0. The quantitative estimate of drug-likeness (QED) is 0.559. The maximum atomic E-state index is 11.2. The highest BCUT2D eigenvalue weighted by molar-refractivity contribution is 5.87. The number of hydrogen-bond acceptors (Lipinski definition) is 2. The molecule has 3 nitrogen and oxygen atoms in total. The maximum Gasteiger partial charge on any atom is 0.248 e. The van der Waals surface area contributed by atoms with Gasteiger partial charge in [0.25, 0.3) is 0 Å². The molecule has 0 radical (unpaired) electrons. The lowest BCUT2D eigenvalue weighted by Crippen LogP contribution is -2.36. The van der Waals surface area contributed by atoms with Crippen LogP contribution in [0, 0.1) is 0 Å². The minimum Gasteiger partial charge on any atom is -0.357 e. The molecule has 0 fully saturated rings. The van der Waals surface area contributed by atoms with Crippen LogP contribution in [0.3, 0.4) is 0 Å². The Hall–Kier alpha value is -0.830. The Morgan fingerprint density at radius 1 is 1.64 bits per heavy atom. The van der Waals surface area contributed by atoms with Crippen molar-refractivity contribution in [3.63, 3.8) is 0 Å². The lowest BCUT2D eigenvalue weighted by atomic mass is 10.3. The van der Waals surface area contributed by atoms with Crippen LogP contribution in [0.1, 0.15) is 13.8 Å². The van der Waals surface area contributed by atoms with Crippen LogP contribution in [-0.2, 0) is 9.53 Å². The molecule has 11 heavy (non-hydrogen) atoms. The summed E-state index contributed by atoms with van der Waals surface area (Å²) >= 11 is 0. The van der Waals surface area contributed by atoms with Gasteiger partial charge in [-0.3, -0.25) is 4.79 Å². The molecule has 0 aromatic carbocycles. The molecule has 0 spiro atoms. The number of carbonyl (C=O) groups is 1. The van der Waals surface area contributed by atoms with Crippen molar-refractivity contribution in [3.8, 4) is 0 Å². The highest BCUT2D eigenvalue weighted by Gasteiger charge is 2.15. The van der Waals surface area contributed by atoms with E-state index in [1.807, 2.05) is 13.8 Å². The van der Waals surface area contributed by atoms with Crippen molar-refractivity contribution in [2.75, 3.05) is 13.3 Å². The van der Waals surface area contributed by atoms with Crippen molar-refractivity contribution in [3.05, 3.63) is 12.2 Å². The third-order valence-corrected chi connectivity index (χ3v) is 1.61. The van der Waals surface area contributed by atoms with Gasteiger partial charge in [-0.15, -0.1) is 0 Å². The van der Waals surface area contributed by atoms with Crippen LogP contribution in [0.5, 0.6) is 0 Å². The van der Waals surface area contributed by atoms with Gasteiger partial charge >= 0.3 is 0 Å². The van der Waals surface area contributed by atoms with Gasteiger partial charge in [-0.2, -0.15) is 0 Å². The topological polar surface area (TPSA) is 29.5 Å². The van der Waals surface area contributed by atoms with Crippen LogP contribution >= 0.6 is 0 Å². The summed E-state index contributed by atoms with van der Waals surface area (Å²) in [4.78, 5) is 12.9. The van der Waals surface area contributed by atoms with Crippen LogP contribution in [0.25, 0.3) is 0 Å². The summed E-state index contributed by atoms with van der Waals surface area (Å²) in [5.74, 6) is 0.0394. The van der Waals surface area contributed by atoms with Gasteiger partial charge in [-0.25, -0.2) is 0 Å². The molecule has 3 heteroatoms. The Balaban J connectivity index is 2.63. The maximum absolute atomic E-state index is 11.2. The first kappa shape index (κ1) is 8.27. The van der Waals surface area contributed by atoms with Gasteiger partial charge in [-0.05, 0) is 13.8 Å². The van der Waals surface area contributed by atoms with E-state index in [9.17, 15) is 4.79 Å². The van der Waals surface area contributed by atoms with Gasteiger partial charge < -0.3 is 9.64 Å². The summed E-state index contributed by atoms with van der Waals surface area (Å²) in [5, 5.41) is 0. The molecule has 0 aromatic rings. The lowest BCUT2D eigenvalue weighted by Gasteiger charge is -2.23.